The summed E-state index contributed by atoms with van der Waals surface area (Å²) in [5, 5.41) is 28.6. The van der Waals surface area contributed by atoms with E-state index in [4.69, 9.17) is 15.3 Å². The van der Waals surface area contributed by atoms with Gasteiger partial charge >= 0.3 is 18.5 Å². The van der Waals surface area contributed by atoms with Crippen LogP contribution in [0.25, 0.3) is 5.57 Å². The third kappa shape index (κ3) is 3.15. The van der Waals surface area contributed by atoms with Crippen LogP contribution in [-0.2, 0) is 14.3 Å². The van der Waals surface area contributed by atoms with Crippen LogP contribution in [0.4, 0.5) is 14.4 Å². The fraction of sp³-hybridized carbons (Fsp3) is 0.0714. The molecule has 1 atom stereocenters. The standard InChI is InChI=1S/C14H8N2O11/c17-10-3-1-5(26-13(21)22)15-8(3)7-4(25-12(19)20)2-6(27-14(23)24)16-9(7)11(10)18/h1-2,9,15-16H,(H,19,20)(H,21,22)(H,23,24). The molecule has 0 fully saturated rings. The van der Waals surface area contributed by atoms with Crippen molar-refractivity contribution in [1.29, 1.82) is 0 Å². The maximum absolute atomic E-state index is 12.4. The molecule has 0 radical (unpaired) electrons. The molecular formula is C14H8N2O11. The number of aromatic nitrogens is 1. The third-order valence-electron chi connectivity index (χ3n) is 3.49. The van der Waals surface area contributed by atoms with E-state index in [1.807, 2.05) is 0 Å². The van der Waals surface area contributed by atoms with Crippen LogP contribution in [0.2, 0.25) is 0 Å². The minimum absolute atomic E-state index is 0.129. The van der Waals surface area contributed by atoms with E-state index in [2.05, 4.69) is 24.5 Å². The van der Waals surface area contributed by atoms with E-state index in [9.17, 15) is 24.0 Å². The zero-order chi connectivity index (χ0) is 19.9. The molecule has 1 aliphatic carbocycles. The number of carbonyl (C=O) groups is 5. The maximum atomic E-state index is 12.4. The number of carboxylic acid groups (broad SMARTS) is 3. The predicted octanol–water partition coefficient (Wildman–Crippen LogP) is 0.750. The predicted molar refractivity (Wildman–Crippen MR) is 78.9 cm³/mol. The number of Topliss-reactive ketones (excluding diaryl/α,β-unsaturated/α-hetero) is 2. The van der Waals surface area contributed by atoms with Crippen molar-refractivity contribution in [1.82, 2.24) is 10.3 Å². The molecule has 0 amide bonds. The van der Waals surface area contributed by atoms with Gasteiger partial charge in [0.15, 0.2) is 0 Å². The Hall–Kier alpha value is -4.29. The summed E-state index contributed by atoms with van der Waals surface area (Å²) in [6, 6.07) is -0.576. The molecule has 0 saturated heterocycles. The number of aromatic amines is 1. The SMILES string of the molecule is O=C(O)OC1=CC(OC(=O)O)=C2c3[nH]c(OC(=O)O)cc3C(=O)C(=O)C2N1. The average Bonchev–Trinajstić information content (AvgIpc) is 2.93. The number of fused-ring (bicyclic) bond motifs is 3. The zero-order valence-electron chi connectivity index (χ0n) is 12.8. The van der Waals surface area contributed by atoms with Gasteiger partial charge in [0.2, 0.25) is 23.3 Å². The Labute approximate surface area is 147 Å². The summed E-state index contributed by atoms with van der Waals surface area (Å²) in [7, 11) is 0. The molecule has 1 unspecified atom stereocenters. The van der Waals surface area contributed by atoms with Gasteiger partial charge in [0.25, 0.3) is 0 Å². The molecule has 1 aromatic rings. The lowest BCUT2D eigenvalue weighted by Crippen LogP contribution is -2.47. The monoisotopic (exact) mass is 380 g/mol. The lowest BCUT2D eigenvalue weighted by molar-refractivity contribution is -0.116. The fourth-order valence-corrected chi connectivity index (χ4v) is 2.63. The molecule has 2 aliphatic rings. The van der Waals surface area contributed by atoms with Gasteiger partial charge in [-0.3, -0.25) is 9.59 Å². The van der Waals surface area contributed by atoms with Crippen molar-refractivity contribution in [2.45, 2.75) is 6.04 Å². The second-order valence-corrected chi connectivity index (χ2v) is 5.08. The molecule has 3 rings (SSSR count). The summed E-state index contributed by atoms with van der Waals surface area (Å²) >= 11 is 0. The second-order valence-electron chi connectivity index (χ2n) is 5.08. The van der Waals surface area contributed by atoms with Crippen LogP contribution in [0.3, 0.4) is 0 Å². The molecular weight excluding hydrogens is 372 g/mol. The van der Waals surface area contributed by atoms with E-state index in [-0.39, 0.29) is 16.8 Å². The number of allylic oxidation sites excluding steroid dienone is 1. The minimum atomic E-state index is -1.79. The first-order chi connectivity index (χ1) is 12.7. The van der Waals surface area contributed by atoms with E-state index in [0.29, 0.717) is 0 Å². The highest BCUT2D eigenvalue weighted by Gasteiger charge is 2.44. The molecule has 2 heterocycles. The van der Waals surface area contributed by atoms with Crippen molar-refractivity contribution in [2.24, 2.45) is 0 Å². The number of carbonyl (C=O) groups excluding carboxylic acids is 2. The summed E-state index contributed by atoms with van der Waals surface area (Å²) in [6.07, 6.45) is -4.40. The van der Waals surface area contributed by atoms with Crippen LogP contribution >= 0.6 is 0 Å². The molecule has 1 aliphatic heterocycles. The van der Waals surface area contributed by atoms with Gasteiger partial charge in [-0.25, -0.2) is 14.4 Å². The normalized spacial score (nSPS) is 17.9. The summed E-state index contributed by atoms with van der Waals surface area (Å²) in [4.78, 5) is 59.4. The van der Waals surface area contributed by atoms with Gasteiger partial charge in [0, 0.05) is 17.7 Å². The Morgan fingerprint density at radius 3 is 2.19 bits per heavy atom. The fourth-order valence-electron chi connectivity index (χ4n) is 2.63. The number of H-pyrrole nitrogens is 1. The van der Waals surface area contributed by atoms with E-state index < -0.39 is 53.6 Å². The molecule has 140 valence electrons. The van der Waals surface area contributed by atoms with Crippen molar-refractivity contribution >= 4 is 35.6 Å². The molecule has 13 heteroatoms. The van der Waals surface area contributed by atoms with Gasteiger partial charge in [-0.1, -0.05) is 0 Å². The Balaban J connectivity index is 2.20. The Morgan fingerprint density at radius 2 is 1.59 bits per heavy atom. The molecule has 0 saturated carbocycles. The van der Waals surface area contributed by atoms with Crippen LogP contribution in [0, 0.1) is 0 Å². The quantitative estimate of drug-likeness (QED) is 0.364. The topological polar surface area (TPSA) is 202 Å². The minimum Gasteiger partial charge on any atom is -0.449 e. The summed E-state index contributed by atoms with van der Waals surface area (Å²) < 4.78 is 13.3. The number of hydrogen-bond acceptors (Lipinski definition) is 9. The van der Waals surface area contributed by atoms with Gasteiger partial charge in [-0.05, 0) is 0 Å². The van der Waals surface area contributed by atoms with Crippen molar-refractivity contribution < 1.29 is 53.5 Å². The molecule has 5 N–H and O–H groups in total. The summed E-state index contributed by atoms with van der Waals surface area (Å²) in [6.45, 7) is 0. The van der Waals surface area contributed by atoms with E-state index in [0.717, 1.165) is 12.1 Å². The maximum Gasteiger partial charge on any atom is 0.512 e. The van der Waals surface area contributed by atoms with Crippen molar-refractivity contribution in [2.75, 3.05) is 0 Å². The van der Waals surface area contributed by atoms with Gasteiger partial charge in [0.1, 0.15) is 11.8 Å². The second kappa shape index (κ2) is 6.21. The lowest BCUT2D eigenvalue weighted by atomic mass is 9.84. The molecule has 0 aromatic carbocycles. The first kappa shape index (κ1) is 17.5. The van der Waals surface area contributed by atoms with Crippen LogP contribution < -0.4 is 10.1 Å². The van der Waals surface area contributed by atoms with Gasteiger partial charge in [-0.15, -0.1) is 0 Å². The Morgan fingerprint density at radius 1 is 0.963 bits per heavy atom. The highest BCUT2D eigenvalue weighted by atomic mass is 16.7. The highest BCUT2D eigenvalue weighted by molar-refractivity contribution is 6.50. The molecule has 0 bridgehead atoms. The van der Waals surface area contributed by atoms with Gasteiger partial charge in [-0.2, -0.15) is 0 Å². The summed E-state index contributed by atoms with van der Waals surface area (Å²) in [5.41, 5.74) is -0.572. The number of nitrogens with one attached hydrogen (secondary N) is 2. The van der Waals surface area contributed by atoms with Gasteiger partial charge in [0.05, 0.1) is 11.3 Å². The van der Waals surface area contributed by atoms with Gasteiger partial charge < -0.3 is 39.8 Å². The largest absolute Gasteiger partial charge is 0.512 e. The molecule has 0 spiro atoms. The number of hydrogen-bond donors (Lipinski definition) is 5. The first-order valence-corrected chi connectivity index (χ1v) is 6.94. The van der Waals surface area contributed by atoms with Crippen LogP contribution in [0.1, 0.15) is 16.1 Å². The van der Waals surface area contributed by atoms with E-state index >= 15 is 0 Å². The smallest absolute Gasteiger partial charge is 0.449 e. The van der Waals surface area contributed by atoms with Crippen LogP contribution in [-0.4, -0.2) is 56.4 Å². The Bertz CT molecular complexity index is 968. The number of ketones is 2. The molecule has 27 heavy (non-hydrogen) atoms. The number of rotatable bonds is 3. The third-order valence-corrected chi connectivity index (χ3v) is 3.49. The zero-order valence-corrected chi connectivity index (χ0v) is 12.8. The number of ether oxygens (including phenoxy) is 3. The van der Waals surface area contributed by atoms with Crippen molar-refractivity contribution in [3.05, 3.63) is 35.0 Å². The first-order valence-electron chi connectivity index (χ1n) is 6.94. The highest BCUT2D eigenvalue weighted by Crippen LogP contribution is 2.37. The lowest BCUT2D eigenvalue weighted by Gasteiger charge is -2.29. The molecule has 1 aromatic heterocycles. The van der Waals surface area contributed by atoms with E-state index in [1.54, 1.807) is 0 Å². The van der Waals surface area contributed by atoms with Crippen LogP contribution in [0.15, 0.2) is 23.8 Å². The Kier molecular flexibility index (Phi) is 4.03. The van der Waals surface area contributed by atoms with E-state index in [1.165, 1.54) is 0 Å². The average molecular weight is 380 g/mol. The van der Waals surface area contributed by atoms with Crippen molar-refractivity contribution in [3.8, 4) is 5.88 Å². The molecule has 13 nitrogen and oxygen atoms in total. The van der Waals surface area contributed by atoms with Crippen LogP contribution in [0.5, 0.6) is 5.88 Å². The number of dihydropyridines is 1. The van der Waals surface area contributed by atoms with Crippen molar-refractivity contribution in [3.63, 3.8) is 0 Å². The summed E-state index contributed by atoms with van der Waals surface area (Å²) in [5.74, 6) is -3.58.